The Kier molecular flexibility index (Phi) is 8.18. The van der Waals surface area contributed by atoms with Crippen molar-refractivity contribution in [1.82, 2.24) is 9.03 Å². The molecule has 1 amide bonds. The number of phenols is 1. The topological polar surface area (TPSA) is 133 Å². The van der Waals surface area contributed by atoms with E-state index >= 15 is 0 Å². The van der Waals surface area contributed by atoms with Crippen LogP contribution in [0.15, 0.2) is 52.3 Å². The Morgan fingerprint density at radius 1 is 0.968 bits per heavy atom. The second-order valence-electron chi connectivity index (χ2n) is 6.65. The van der Waals surface area contributed by atoms with E-state index in [1.807, 2.05) is 6.92 Å². The van der Waals surface area contributed by atoms with Crippen molar-refractivity contribution in [3.05, 3.63) is 48.0 Å². The molecule has 0 aromatic heterocycles. The van der Waals surface area contributed by atoms with Crippen molar-refractivity contribution in [2.75, 3.05) is 25.0 Å². The first-order valence-electron chi connectivity index (χ1n) is 9.81. The molecule has 0 unspecified atom stereocenters. The number of carbonyl (C=O) groups is 1. The summed E-state index contributed by atoms with van der Waals surface area (Å²) in [4.78, 5) is 12.5. The smallest absolute Gasteiger partial charge is 0.255 e. The SMILES string of the molecule is CCCNS(=O)(=O)c1cccc(C(=O)Nc2cc(S(=O)(=O)N(CC)CC)ccc2O)c1. The number of hydrogen-bond acceptors (Lipinski definition) is 6. The lowest BCUT2D eigenvalue weighted by atomic mass is 10.2. The molecule has 0 aliphatic rings. The van der Waals surface area contributed by atoms with Crippen LogP contribution in [0, 0.1) is 0 Å². The molecule has 0 radical (unpaired) electrons. The Bertz CT molecular complexity index is 1140. The molecule has 2 aromatic carbocycles. The van der Waals surface area contributed by atoms with E-state index in [-0.39, 0.29) is 46.4 Å². The highest BCUT2D eigenvalue weighted by Crippen LogP contribution is 2.28. The number of carbonyl (C=O) groups excluding carboxylic acids is 1. The number of hydrogen-bond donors (Lipinski definition) is 3. The summed E-state index contributed by atoms with van der Waals surface area (Å²) < 4.78 is 53.7. The minimum absolute atomic E-state index is 0.0378. The summed E-state index contributed by atoms with van der Waals surface area (Å²) in [6, 6.07) is 9.03. The lowest BCUT2D eigenvalue weighted by Crippen LogP contribution is -2.30. The number of rotatable bonds is 10. The molecule has 11 heteroatoms. The van der Waals surface area contributed by atoms with Crippen LogP contribution in [0.2, 0.25) is 0 Å². The maximum Gasteiger partial charge on any atom is 0.255 e. The predicted molar refractivity (Wildman–Crippen MR) is 118 cm³/mol. The van der Waals surface area contributed by atoms with Crippen LogP contribution < -0.4 is 10.0 Å². The number of nitrogens with one attached hydrogen (secondary N) is 2. The molecule has 0 fully saturated rings. The third kappa shape index (κ3) is 5.82. The van der Waals surface area contributed by atoms with Gasteiger partial charge < -0.3 is 10.4 Å². The van der Waals surface area contributed by atoms with Gasteiger partial charge in [-0.05, 0) is 42.8 Å². The molecule has 0 spiro atoms. The Morgan fingerprint density at radius 2 is 1.65 bits per heavy atom. The van der Waals surface area contributed by atoms with Gasteiger partial charge in [0.05, 0.1) is 15.5 Å². The molecule has 170 valence electrons. The number of anilines is 1. The van der Waals surface area contributed by atoms with Gasteiger partial charge in [-0.2, -0.15) is 4.31 Å². The van der Waals surface area contributed by atoms with E-state index in [1.165, 1.54) is 46.8 Å². The highest BCUT2D eigenvalue weighted by atomic mass is 32.2. The van der Waals surface area contributed by atoms with Gasteiger partial charge in [0.1, 0.15) is 5.75 Å². The minimum atomic E-state index is -3.79. The van der Waals surface area contributed by atoms with Gasteiger partial charge in [-0.15, -0.1) is 0 Å². The van der Waals surface area contributed by atoms with Gasteiger partial charge >= 0.3 is 0 Å². The zero-order chi connectivity index (χ0) is 23.2. The lowest BCUT2D eigenvalue weighted by Gasteiger charge is -2.19. The summed E-state index contributed by atoms with van der Waals surface area (Å²) in [5.41, 5.74) is -0.0635. The number of sulfonamides is 2. The first-order chi connectivity index (χ1) is 14.6. The summed E-state index contributed by atoms with van der Waals surface area (Å²) in [5, 5.41) is 12.6. The van der Waals surface area contributed by atoms with Crippen LogP contribution in [0.1, 0.15) is 37.6 Å². The van der Waals surface area contributed by atoms with Gasteiger partial charge in [-0.1, -0.05) is 26.8 Å². The number of phenolic OH excluding ortho intramolecular Hbond substituents is 1. The zero-order valence-corrected chi connectivity index (χ0v) is 19.3. The van der Waals surface area contributed by atoms with Gasteiger partial charge in [0.25, 0.3) is 5.91 Å². The highest BCUT2D eigenvalue weighted by molar-refractivity contribution is 7.89. The first kappa shape index (κ1) is 24.8. The second kappa shape index (κ2) is 10.2. The van der Waals surface area contributed by atoms with Gasteiger partial charge in [0, 0.05) is 25.2 Å². The molecule has 0 saturated heterocycles. The lowest BCUT2D eigenvalue weighted by molar-refractivity contribution is 0.102. The summed E-state index contributed by atoms with van der Waals surface area (Å²) in [6.45, 7) is 6.05. The Hall–Kier alpha value is -2.47. The molecule has 0 atom stereocenters. The maximum absolute atomic E-state index is 12.7. The molecule has 2 aromatic rings. The average Bonchev–Trinajstić information content (AvgIpc) is 2.74. The van der Waals surface area contributed by atoms with E-state index in [0.717, 1.165) is 0 Å². The monoisotopic (exact) mass is 469 g/mol. The number of nitrogens with zero attached hydrogens (tertiary/aromatic N) is 1. The van der Waals surface area contributed by atoms with Crippen molar-refractivity contribution in [3.63, 3.8) is 0 Å². The molecule has 3 N–H and O–H groups in total. The third-order valence-corrected chi connectivity index (χ3v) is 8.01. The summed E-state index contributed by atoms with van der Waals surface area (Å²) in [6.07, 6.45) is 0.616. The molecule has 0 aliphatic heterocycles. The van der Waals surface area contributed by atoms with Gasteiger partial charge in [-0.3, -0.25) is 4.79 Å². The van der Waals surface area contributed by atoms with E-state index in [2.05, 4.69) is 10.0 Å². The molecule has 9 nitrogen and oxygen atoms in total. The Balaban J connectivity index is 2.34. The van der Waals surface area contributed by atoms with Crippen LogP contribution in [0.3, 0.4) is 0 Å². The fraction of sp³-hybridized carbons (Fsp3) is 0.350. The van der Waals surface area contributed by atoms with Crippen LogP contribution in [0.5, 0.6) is 5.75 Å². The van der Waals surface area contributed by atoms with E-state index < -0.39 is 26.0 Å². The molecule has 0 bridgehead atoms. The fourth-order valence-electron chi connectivity index (χ4n) is 2.81. The van der Waals surface area contributed by atoms with Crippen molar-refractivity contribution in [1.29, 1.82) is 0 Å². The molecule has 0 aliphatic carbocycles. The van der Waals surface area contributed by atoms with Crippen molar-refractivity contribution in [2.24, 2.45) is 0 Å². The molecular weight excluding hydrogens is 442 g/mol. The highest BCUT2D eigenvalue weighted by Gasteiger charge is 2.23. The van der Waals surface area contributed by atoms with Gasteiger partial charge in [0.2, 0.25) is 20.0 Å². The van der Waals surface area contributed by atoms with E-state index in [0.29, 0.717) is 6.42 Å². The standard InChI is InChI=1S/C20H27N3O6S2/c1-4-12-21-30(26,27)16-9-7-8-15(13-16)20(25)22-18-14-17(10-11-19(18)24)31(28,29)23(5-2)6-3/h7-11,13-14,21,24H,4-6,12H2,1-3H3,(H,22,25). The Morgan fingerprint density at radius 3 is 2.26 bits per heavy atom. The van der Waals surface area contributed by atoms with Crippen molar-refractivity contribution >= 4 is 31.6 Å². The minimum Gasteiger partial charge on any atom is -0.506 e. The summed E-state index contributed by atoms with van der Waals surface area (Å²) in [7, 11) is -7.56. The number of aromatic hydroxyl groups is 1. The van der Waals surface area contributed by atoms with Crippen LogP contribution in [0.4, 0.5) is 5.69 Å². The maximum atomic E-state index is 12.7. The van der Waals surface area contributed by atoms with Crippen molar-refractivity contribution in [3.8, 4) is 5.75 Å². The first-order valence-corrected chi connectivity index (χ1v) is 12.7. The van der Waals surface area contributed by atoms with E-state index in [9.17, 15) is 26.7 Å². The van der Waals surface area contributed by atoms with Gasteiger partial charge in [0.15, 0.2) is 0 Å². The largest absolute Gasteiger partial charge is 0.506 e. The van der Waals surface area contributed by atoms with Crippen LogP contribution >= 0.6 is 0 Å². The van der Waals surface area contributed by atoms with Crippen LogP contribution in [-0.4, -0.2) is 51.8 Å². The number of benzene rings is 2. The zero-order valence-electron chi connectivity index (χ0n) is 17.6. The van der Waals surface area contributed by atoms with Crippen LogP contribution in [-0.2, 0) is 20.0 Å². The van der Waals surface area contributed by atoms with Crippen molar-refractivity contribution < 1.29 is 26.7 Å². The summed E-state index contributed by atoms with van der Waals surface area (Å²) in [5.74, 6) is -1.01. The molecule has 2 rings (SSSR count). The molecule has 31 heavy (non-hydrogen) atoms. The average molecular weight is 470 g/mol. The molecule has 0 saturated carbocycles. The van der Waals surface area contributed by atoms with Gasteiger partial charge in [-0.25, -0.2) is 21.6 Å². The number of amides is 1. The summed E-state index contributed by atoms with van der Waals surface area (Å²) >= 11 is 0. The predicted octanol–water partition coefficient (Wildman–Crippen LogP) is 2.36. The Labute approximate surface area is 183 Å². The molecular formula is C20H27N3O6S2. The second-order valence-corrected chi connectivity index (χ2v) is 10.4. The van der Waals surface area contributed by atoms with Crippen molar-refractivity contribution in [2.45, 2.75) is 37.0 Å². The van der Waals surface area contributed by atoms with Crippen LogP contribution in [0.25, 0.3) is 0 Å². The quantitative estimate of drug-likeness (QED) is 0.458. The molecule has 0 heterocycles. The normalized spacial score (nSPS) is 12.1. The fourth-order valence-corrected chi connectivity index (χ4v) is 5.47. The van der Waals surface area contributed by atoms with E-state index in [1.54, 1.807) is 13.8 Å². The third-order valence-electron chi connectivity index (χ3n) is 4.51. The van der Waals surface area contributed by atoms with E-state index in [4.69, 9.17) is 0 Å².